The standard InChI is InChI=1S/C14H15Cl2F3N4O3/c1-23(6-12(25)22-13(26)20-7-14(17,18)19)5-11(24)21-8-2-3-9(15)10(16)4-8/h2-4H,5-7H2,1H3,(H,21,24)(H2,20,22,25,26). The molecule has 0 heterocycles. The van der Waals surface area contributed by atoms with Gasteiger partial charge in [0.1, 0.15) is 6.54 Å². The summed E-state index contributed by atoms with van der Waals surface area (Å²) in [4.78, 5) is 35.8. The number of likely N-dealkylation sites (N-methyl/N-ethyl adjacent to an activating group) is 1. The second kappa shape index (κ2) is 9.60. The minimum absolute atomic E-state index is 0.210. The van der Waals surface area contributed by atoms with E-state index in [4.69, 9.17) is 23.2 Å². The van der Waals surface area contributed by atoms with Crippen LogP contribution < -0.4 is 16.0 Å². The van der Waals surface area contributed by atoms with Gasteiger partial charge in [-0.15, -0.1) is 0 Å². The van der Waals surface area contributed by atoms with Crippen molar-refractivity contribution in [3.8, 4) is 0 Å². The zero-order valence-electron chi connectivity index (χ0n) is 13.4. The molecule has 0 saturated carbocycles. The van der Waals surface area contributed by atoms with E-state index in [9.17, 15) is 27.6 Å². The molecule has 0 saturated heterocycles. The number of anilines is 1. The normalized spacial score (nSPS) is 11.2. The van der Waals surface area contributed by atoms with E-state index in [1.54, 1.807) is 5.32 Å². The van der Waals surface area contributed by atoms with Gasteiger partial charge in [-0.05, 0) is 25.2 Å². The molecule has 0 bridgehead atoms. The number of amides is 4. The molecule has 4 amide bonds. The number of benzene rings is 1. The van der Waals surface area contributed by atoms with E-state index in [1.807, 2.05) is 0 Å². The Balaban J connectivity index is 2.38. The van der Waals surface area contributed by atoms with Gasteiger partial charge in [-0.1, -0.05) is 23.2 Å². The van der Waals surface area contributed by atoms with Crippen LogP contribution in [0.2, 0.25) is 10.0 Å². The third kappa shape index (κ3) is 8.88. The maximum atomic E-state index is 11.9. The second-order valence-electron chi connectivity index (χ2n) is 5.20. The monoisotopic (exact) mass is 414 g/mol. The van der Waals surface area contributed by atoms with Crippen LogP contribution in [0.1, 0.15) is 0 Å². The molecule has 1 aromatic rings. The quantitative estimate of drug-likeness (QED) is 0.665. The van der Waals surface area contributed by atoms with Crippen LogP contribution in [0.5, 0.6) is 0 Å². The van der Waals surface area contributed by atoms with Crippen molar-refractivity contribution in [1.29, 1.82) is 0 Å². The highest BCUT2D eigenvalue weighted by atomic mass is 35.5. The van der Waals surface area contributed by atoms with Gasteiger partial charge in [0, 0.05) is 5.69 Å². The number of halogens is 5. The molecule has 0 fully saturated rings. The summed E-state index contributed by atoms with van der Waals surface area (Å²) in [6.07, 6.45) is -4.58. The summed E-state index contributed by atoms with van der Waals surface area (Å²) in [6, 6.07) is 3.19. The van der Waals surface area contributed by atoms with E-state index in [0.29, 0.717) is 10.7 Å². The highest BCUT2D eigenvalue weighted by Crippen LogP contribution is 2.24. The fraction of sp³-hybridized carbons (Fsp3) is 0.357. The molecule has 0 aliphatic carbocycles. The van der Waals surface area contributed by atoms with Crippen LogP contribution in [-0.4, -0.2) is 55.6 Å². The molecule has 0 unspecified atom stereocenters. The van der Waals surface area contributed by atoms with Gasteiger partial charge in [0.25, 0.3) is 0 Å². The van der Waals surface area contributed by atoms with E-state index >= 15 is 0 Å². The highest BCUT2D eigenvalue weighted by Gasteiger charge is 2.28. The fourth-order valence-electron chi connectivity index (χ4n) is 1.71. The third-order valence-corrected chi connectivity index (χ3v) is 3.47. The molecule has 3 N–H and O–H groups in total. The van der Waals surface area contributed by atoms with Gasteiger partial charge in [0.2, 0.25) is 11.8 Å². The van der Waals surface area contributed by atoms with Gasteiger partial charge in [0.15, 0.2) is 0 Å². The lowest BCUT2D eigenvalue weighted by molar-refractivity contribution is -0.125. The SMILES string of the molecule is CN(CC(=O)NC(=O)NCC(F)(F)F)CC(=O)Nc1ccc(Cl)c(Cl)c1. The summed E-state index contributed by atoms with van der Waals surface area (Å²) in [5.41, 5.74) is 0.397. The van der Waals surface area contributed by atoms with Crippen molar-refractivity contribution in [2.45, 2.75) is 6.18 Å². The number of alkyl halides is 3. The van der Waals surface area contributed by atoms with Gasteiger partial charge >= 0.3 is 12.2 Å². The van der Waals surface area contributed by atoms with E-state index in [0.717, 1.165) is 0 Å². The molecular formula is C14H15Cl2F3N4O3. The largest absolute Gasteiger partial charge is 0.405 e. The molecule has 0 aliphatic rings. The maximum Gasteiger partial charge on any atom is 0.405 e. The van der Waals surface area contributed by atoms with Crippen LogP contribution >= 0.6 is 23.2 Å². The first kappa shape index (κ1) is 22.0. The smallest absolute Gasteiger partial charge is 0.329 e. The lowest BCUT2D eigenvalue weighted by Crippen LogP contribution is -2.47. The Morgan fingerprint density at radius 1 is 1.08 bits per heavy atom. The van der Waals surface area contributed by atoms with Crippen LogP contribution in [0, 0.1) is 0 Å². The average Bonchev–Trinajstić information content (AvgIpc) is 2.47. The summed E-state index contributed by atoms with van der Waals surface area (Å²) in [7, 11) is 1.42. The Morgan fingerprint density at radius 2 is 1.69 bits per heavy atom. The summed E-state index contributed by atoms with van der Waals surface area (Å²) < 4.78 is 35.8. The summed E-state index contributed by atoms with van der Waals surface area (Å²) in [6.45, 7) is -2.15. The molecular weight excluding hydrogens is 400 g/mol. The summed E-state index contributed by atoms with van der Waals surface area (Å²) in [5, 5.41) is 6.32. The minimum atomic E-state index is -4.58. The van der Waals surface area contributed by atoms with Gasteiger partial charge < -0.3 is 10.6 Å². The van der Waals surface area contributed by atoms with E-state index in [1.165, 1.54) is 35.5 Å². The number of hydrogen-bond acceptors (Lipinski definition) is 4. The van der Waals surface area contributed by atoms with E-state index in [-0.39, 0.29) is 18.1 Å². The molecule has 0 spiro atoms. The molecule has 0 aromatic heterocycles. The van der Waals surface area contributed by atoms with E-state index < -0.39 is 30.6 Å². The van der Waals surface area contributed by atoms with Crippen LogP contribution in [0.15, 0.2) is 18.2 Å². The van der Waals surface area contributed by atoms with Crippen LogP contribution in [0.25, 0.3) is 0 Å². The van der Waals surface area contributed by atoms with Gasteiger partial charge in [-0.25, -0.2) is 4.79 Å². The number of hydrogen-bond donors (Lipinski definition) is 3. The number of carbonyl (C=O) groups excluding carboxylic acids is 3. The molecule has 144 valence electrons. The number of nitrogens with one attached hydrogen (secondary N) is 3. The zero-order valence-corrected chi connectivity index (χ0v) is 14.9. The van der Waals surface area contributed by atoms with Crippen LogP contribution in [-0.2, 0) is 9.59 Å². The first-order chi connectivity index (χ1) is 12.0. The molecule has 7 nitrogen and oxygen atoms in total. The van der Waals surface area contributed by atoms with Crippen LogP contribution in [0.3, 0.4) is 0 Å². The molecule has 0 radical (unpaired) electrons. The Labute approximate surface area is 156 Å². The van der Waals surface area contributed by atoms with Crippen molar-refractivity contribution in [2.75, 3.05) is 32.0 Å². The van der Waals surface area contributed by atoms with E-state index in [2.05, 4.69) is 5.32 Å². The first-order valence-electron chi connectivity index (χ1n) is 7.04. The molecule has 12 heteroatoms. The Kier molecular flexibility index (Phi) is 8.12. The molecule has 0 atom stereocenters. The topological polar surface area (TPSA) is 90.5 Å². The number of imide groups is 1. The van der Waals surface area contributed by atoms with Crippen molar-refractivity contribution < 1.29 is 27.6 Å². The number of carbonyl (C=O) groups is 3. The highest BCUT2D eigenvalue weighted by molar-refractivity contribution is 6.42. The van der Waals surface area contributed by atoms with Crippen LogP contribution in [0.4, 0.5) is 23.7 Å². The van der Waals surface area contributed by atoms with Crippen molar-refractivity contribution in [1.82, 2.24) is 15.5 Å². The van der Waals surface area contributed by atoms with Crippen molar-refractivity contribution in [3.05, 3.63) is 28.2 Å². The van der Waals surface area contributed by atoms with Crippen molar-refractivity contribution in [3.63, 3.8) is 0 Å². The summed E-state index contributed by atoms with van der Waals surface area (Å²) >= 11 is 11.6. The van der Waals surface area contributed by atoms with Crippen molar-refractivity contribution >= 4 is 46.7 Å². The fourth-order valence-corrected chi connectivity index (χ4v) is 2.01. The molecule has 1 rings (SSSR count). The van der Waals surface area contributed by atoms with Crippen molar-refractivity contribution in [2.24, 2.45) is 0 Å². The Bertz CT molecular complexity index is 686. The average molecular weight is 415 g/mol. The van der Waals surface area contributed by atoms with Gasteiger partial charge in [-0.2, -0.15) is 13.2 Å². The first-order valence-corrected chi connectivity index (χ1v) is 7.80. The number of nitrogens with zero attached hydrogens (tertiary/aromatic N) is 1. The lowest BCUT2D eigenvalue weighted by Gasteiger charge is -2.16. The minimum Gasteiger partial charge on any atom is -0.329 e. The second-order valence-corrected chi connectivity index (χ2v) is 6.01. The summed E-state index contributed by atoms with van der Waals surface area (Å²) in [5.74, 6) is -1.34. The molecule has 26 heavy (non-hydrogen) atoms. The van der Waals surface area contributed by atoms with Gasteiger partial charge in [-0.3, -0.25) is 19.8 Å². The zero-order chi connectivity index (χ0) is 19.9. The molecule has 1 aromatic carbocycles. The Hall–Kier alpha value is -2.04. The molecule has 0 aliphatic heterocycles. The maximum absolute atomic E-state index is 11.9. The predicted octanol–water partition coefficient (Wildman–Crippen LogP) is 2.25. The Morgan fingerprint density at radius 3 is 2.27 bits per heavy atom. The predicted molar refractivity (Wildman–Crippen MR) is 90.2 cm³/mol. The third-order valence-electron chi connectivity index (χ3n) is 2.73. The number of rotatable bonds is 6. The van der Waals surface area contributed by atoms with Gasteiger partial charge in [0.05, 0.1) is 23.1 Å². The lowest BCUT2D eigenvalue weighted by atomic mass is 10.3. The number of urea groups is 1.